The largest absolute Gasteiger partial charge is 0.393 e. The molecule has 7 atom stereocenters. The number of aliphatic hydroxyl groups excluding tert-OH is 1. The van der Waals surface area contributed by atoms with E-state index < -0.39 is 5.91 Å². The van der Waals surface area contributed by atoms with Crippen LogP contribution >= 0.6 is 11.3 Å². The summed E-state index contributed by atoms with van der Waals surface area (Å²) >= 11 is 1.36. The van der Waals surface area contributed by atoms with Gasteiger partial charge in [0, 0.05) is 5.56 Å². The number of para-hydroxylation sites is 1. The zero-order chi connectivity index (χ0) is 32.8. The van der Waals surface area contributed by atoms with Crippen molar-refractivity contribution in [2.24, 2.45) is 33.7 Å². The van der Waals surface area contributed by atoms with Crippen molar-refractivity contribution in [1.82, 2.24) is 0 Å². The van der Waals surface area contributed by atoms with Gasteiger partial charge in [0.2, 0.25) is 5.71 Å². The Kier molecular flexibility index (Phi) is 8.40. The molecule has 0 bridgehead atoms. The zero-order valence-corrected chi connectivity index (χ0v) is 27.9. The number of carbonyl (C=O) groups excluding carboxylic acids is 2. The first kappa shape index (κ1) is 31.5. The average Bonchev–Trinajstić information content (AvgIpc) is 3.65. The molecule has 8 heteroatoms. The number of hydrogen-bond acceptors (Lipinski definition) is 7. The monoisotopic (exact) mass is 646 g/mol. The lowest BCUT2D eigenvalue weighted by molar-refractivity contribution is -0.110. The van der Waals surface area contributed by atoms with Crippen molar-refractivity contribution in [2.75, 3.05) is 10.7 Å². The molecule has 7 nitrogen and oxygen atoms in total. The Morgan fingerprint density at radius 3 is 2.47 bits per heavy atom. The fourth-order valence-corrected chi connectivity index (χ4v) is 10.8. The summed E-state index contributed by atoms with van der Waals surface area (Å²) in [6.07, 6.45) is 10.5. The predicted octanol–water partition coefficient (Wildman–Crippen LogP) is 8.32. The van der Waals surface area contributed by atoms with E-state index in [4.69, 9.17) is 0 Å². The second kappa shape index (κ2) is 12.5. The van der Waals surface area contributed by atoms with Crippen molar-refractivity contribution in [3.8, 4) is 6.07 Å². The van der Waals surface area contributed by atoms with E-state index in [2.05, 4.69) is 41.1 Å². The molecule has 2 aromatic carbocycles. The van der Waals surface area contributed by atoms with Crippen LogP contribution in [-0.4, -0.2) is 28.6 Å². The van der Waals surface area contributed by atoms with E-state index >= 15 is 0 Å². The Balaban J connectivity index is 1.20. The van der Waals surface area contributed by atoms with Crippen molar-refractivity contribution >= 4 is 39.4 Å². The second-order valence-electron chi connectivity index (χ2n) is 14.4. The van der Waals surface area contributed by atoms with Gasteiger partial charge >= 0.3 is 0 Å². The lowest BCUT2D eigenvalue weighted by Gasteiger charge is -2.58. The van der Waals surface area contributed by atoms with Crippen LogP contribution in [0.1, 0.15) is 92.6 Å². The van der Waals surface area contributed by atoms with Crippen LogP contribution in [0.2, 0.25) is 0 Å². The Bertz CT molecular complexity index is 1780. The number of fused-ring (bicyclic) bond motifs is 5. The Morgan fingerprint density at radius 2 is 1.72 bits per heavy atom. The number of benzene rings is 2. The van der Waals surface area contributed by atoms with Crippen LogP contribution in [0.15, 0.2) is 82.8 Å². The molecule has 1 aromatic heterocycles. The summed E-state index contributed by atoms with van der Waals surface area (Å²) in [7, 11) is 0. The SMILES string of the molecule is C[C@]12CC[C@H]3[C@@H](CC=C4C[C@@H](O)CC[C@@]43C)[C@@H]1CC[C@@H]2c1csc(NC(=O)/C(C#N)=N/Nc2ccccc2)c1C(=O)c1ccccc1. The third-order valence-electron chi connectivity index (χ3n) is 12.2. The standard InChI is InChI=1S/C39H42N4O3S/c1-38-19-17-27(44)21-25(38)13-14-28-30-15-16-31(39(30,2)20-18-32(28)38)29-23-47-37(34(29)35(45)24-9-5-3-6-10-24)41-36(46)33(22-40)43-42-26-11-7-4-8-12-26/h3-13,23,27-28,30-32,42,44H,14-21H2,1-2H3,(H,41,46)/b43-33+/t27-,28-,30-,31+,32-,38-,39-/m0/s1. The molecule has 3 saturated carbocycles. The first-order valence-corrected chi connectivity index (χ1v) is 17.8. The van der Waals surface area contributed by atoms with Gasteiger partial charge in [-0.05, 0) is 109 Å². The Hall–Kier alpha value is -4.06. The van der Waals surface area contributed by atoms with Gasteiger partial charge in [0.1, 0.15) is 11.1 Å². The molecule has 242 valence electrons. The number of thiophene rings is 1. The normalized spacial score (nSPS) is 31.4. The minimum atomic E-state index is -0.655. The van der Waals surface area contributed by atoms with Crippen LogP contribution in [0.4, 0.5) is 10.7 Å². The van der Waals surface area contributed by atoms with Gasteiger partial charge in [-0.3, -0.25) is 15.0 Å². The number of carbonyl (C=O) groups is 2. The smallest absolute Gasteiger partial charge is 0.287 e. The number of allylic oxidation sites excluding steroid dienone is 1. The second-order valence-corrected chi connectivity index (χ2v) is 15.3. The number of amides is 1. The average molecular weight is 647 g/mol. The van der Waals surface area contributed by atoms with E-state index in [1.54, 1.807) is 12.1 Å². The van der Waals surface area contributed by atoms with Crippen LogP contribution in [0.3, 0.4) is 0 Å². The number of nitriles is 1. The van der Waals surface area contributed by atoms with Gasteiger partial charge in [0.15, 0.2) is 5.78 Å². The van der Waals surface area contributed by atoms with E-state index in [1.807, 2.05) is 54.6 Å². The zero-order valence-electron chi connectivity index (χ0n) is 27.0. The van der Waals surface area contributed by atoms with Gasteiger partial charge < -0.3 is 10.4 Å². The van der Waals surface area contributed by atoms with Crippen molar-refractivity contribution in [3.63, 3.8) is 0 Å². The minimum Gasteiger partial charge on any atom is -0.393 e. The maximum absolute atomic E-state index is 14.3. The lowest BCUT2D eigenvalue weighted by Crippen LogP contribution is -2.50. The summed E-state index contributed by atoms with van der Waals surface area (Å²) in [6, 6.07) is 20.3. The van der Waals surface area contributed by atoms with Crippen LogP contribution in [0, 0.1) is 39.9 Å². The van der Waals surface area contributed by atoms with Crippen LogP contribution in [0.25, 0.3) is 0 Å². The number of ketones is 1. The fourth-order valence-electron chi connectivity index (χ4n) is 9.76. The molecule has 1 heterocycles. The molecular weight excluding hydrogens is 605 g/mol. The highest BCUT2D eigenvalue weighted by molar-refractivity contribution is 7.15. The highest BCUT2D eigenvalue weighted by atomic mass is 32.1. The number of rotatable bonds is 7. The number of aliphatic hydroxyl groups is 1. The van der Waals surface area contributed by atoms with Crippen molar-refractivity contribution < 1.29 is 14.7 Å². The van der Waals surface area contributed by atoms with Gasteiger partial charge in [-0.15, -0.1) is 11.3 Å². The van der Waals surface area contributed by atoms with Gasteiger partial charge in [0.05, 0.1) is 17.4 Å². The molecule has 3 N–H and O–H groups in total. The maximum Gasteiger partial charge on any atom is 0.287 e. The number of nitrogens with one attached hydrogen (secondary N) is 2. The van der Waals surface area contributed by atoms with Crippen molar-refractivity contribution in [3.05, 3.63) is 94.4 Å². The van der Waals surface area contributed by atoms with Crippen LogP contribution < -0.4 is 10.7 Å². The predicted molar refractivity (Wildman–Crippen MR) is 186 cm³/mol. The number of hydrogen-bond donors (Lipinski definition) is 3. The van der Waals surface area contributed by atoms with E-state index in [0.717, 1.165) is 56.9 Å². The van der Waals surface area contributed by atoms with Gasteiger partial charge in [-0.2, -0.15) is 10.4 Å². The molecular formula is C39H42N4O3S. The first-order chi connectivity index (χ1) is 22.7. The van der Waals surface area contributed by atoms with Crippen LogP contribution in [0.5, 0.6) is 0 Å². The summed E-state index contributed by atoms with van der Waals surface area (Å²) in [5, 5.41) is 29.7. The number of anilines is 2. The molecule has 47 heavy (non-hydrogen) atoms. The number of hydrazone groups is 1. The molecule has 7 rings (SSSR count). The quantitative estimate of drug-likeness (QED) is 0.103. The molecule has 0 spiro atoms. The van der Waals surface area contributed by atoms with Crippen molar-refractivity contribution in [2.45, 2.75) is 77.2 Å². The molecule has 4 aliphatic carbocycles. The topological polar surface area (TPSA) is 115 Å². The minimum absolute atomic E-state index is 0.0317. The Morgan fingerprint density at radius 1 is 0.979 bits per heavy atom. The fraction of sp³-hybridized carbons (Fsp3) is 0.436. The molecule has 4 aliphatic rings. The van der Waals surface area contributed by atoms with E-state index in [-0.39, 0.29) is 34.3 Å². The third-order valence-corrected chi connectivity index (χ3v) is 13.1. The van der Waals surface area contributed by atoms with E-state index in [9.17, 15) is 20.0 Å². The van der Waals surface area contributed by atoms with Gasteiger partial charge in [0.25, 0.3) is 5.91 Å². The summed E-state index contributed by atoms with van der Waals surface area (Å²) < 4.78 is 0. The molecule has 3 aromatic rings. The molecule has 0 saturated heterocycles. The Labute approximate surface area is 280 Å². The summed E-state index contributed by atoms with van der Waals surface area (Å²) in [6.45, 7) is 4.90. The first-order valence-electron chi connectivity index (χ1n) is 16.9. The summed E-state index contributed by atoms with van der Waals surface area (Å²) in [4.78, 5) is 27.7. The summed E-state index contributed by atoms with van der Waals surface area (Å²) in [5.74, 6) is 1.19. The van der Waals surface area contributed by atoms with E-state index in [1.165, 1.54) is 16.9 Å². The highest BCUT2D eigenvalue weighted by Crippen LogP contribution is 2.68. The lowest BCUT2D eigenvalue weighted by atomic mass is 9.47. The third kappa shape index (κ3) is 5.54. The molecule has 0 unspecified atom stereocenters. The van der Waals surface area contributed by atoms with Crippen LogP contribution in [-0.2, 0) is 4.79 Å². The molecule has 3 fully saturated rings. The molecule has 0 aliphatic heterocycles. The van der Waals surface area contributed by atoms with Gasteiger partial charge in [-0.25, -0.2) is 0 Å². The number of nitrogens with zero attached hydrogens (tertiary/aromatic N) is 2. The highest BCUT2D eigenvalue weighted by Gasteiger charge is 2.59. The maximum atomic E-state index is 14.3. The summed E-state index contributed by atoms with van der Waals surface area (Å²) in [5.41, 5.74) is 6.92. The molecule has 1 amide bonds. The van der Waals surface area contributed by atoms with Crippen molar-refractivity contribution in [1.29, 1.82) is 5.26 Å². The molecule has 0 radical (unpaired) electrons. The van der Waals surface area contributed by atoms with Gasteiger partial charge in [-0.1, -0.05) is 74.0 Å². The van der Waals surface area contributed by atoms with E-state index in [0.29, 0.717) is 39.6 Å².